The minimum absolute atomic E-state index is 0.0127. The number of rotatable bonds is 20. The number of carbonyl (C=O) groups is 3. The SMILES string of the molecule is CCCCCN(C)C(=O)N1CC(OC(c2ccc(Cl)cc2)c2ccccc2Cl)C1.CN(Cc1ccccc1)C(=O)N1CC(OC(c2ccc(Cl)cc2)c2ccc(Cl)cc2Cl)C1.CN(Cc1ccccc1)C(=O)N1CC(OC(c2ccc(Cl)cc2)c2ccccc2C(F)(F)F)C1. The van der Waals surface area contributed by atoms with Crippen molar-refractivity contribution in [3.63, 3.8) is 0 Å². The molecule has 12 nitrogen and oxygen atoms in total. The highest BCUT2D eigenvalue weighted by Crippen LogP contribution is 2.41. The molecule has 21 heteroatoms. The van der Waals surface area contributed by atoms with Crippen LogP contribution in [0.4, 0.5) is 27.6 Å². The predicted molar refractivity (Wildman–Crippen MR) is 373 cm³/mol. The van der Waals surface area contributed by atoms with E-state index < -0.39 is 23.9 Å². The summed E-state index contributed by atoms with van der Waals surface area (Å²) in [6.07, 6.45) is -3.34. The Morgan fingerprint density at radius 2 is 0.779 bits per heavy atom. The van der Waals surface area contributed by atoms with Crippen LogP contribution < -0.4 is 0 Å². The van der Waals surface area contributed by atoms with Crippen molar-refractivity contribution >= 4 is 87.7 Å². The summed E-state index contributed by atoms with van der Waals surface area (Å²) in [7, 11) is 5.40. The molecule has 8 aromatic rings. The van der Waals surface area contributed by atoms with Crippen LogP contribution >= 0.6 is 69.6 Å². The molecule has 500 valence electrons. The van der Waals surface area contributed by atoms with E-state index in [1.54, 1.807) is 74.0 Å². The Labute approximate surface area is 584 Å². The van der Waals surface area contributed by atoms with Crippen LogP contribution in [0.5, 0.6) is 0 Å². The normalized spacial score (nSPS) is 14.9. The lowest BCUT2D eigenvalue weighted by atomic mass is 9.95. The van der Waals surface area contributed by atoms with Crippen LogP contribution in [-0.2, 0) is 33.5 Å². The summed E-state index contributed by atoms with van der Waals surface area (Å²) in [5.74, 6) is 0. The van der Waals surface area contributed by atoms with Gasteiger partial charge in [-0.05, 0) is 100 Å². The highest BCUT2D eigenvalue weighted by Gasteiger charge is 2.41. The number of hydrogen-bond acceptors (Lipinski definition) is 6. The molecule has 0 N–H and O–H groups in total. The second-order valence-corrected chi connectivity index (χ2v) is 26.3. The van der Waals surface area contributed by atoms with Gasteiger partial charge in [-0.15, -0.1) is 0 Å². The average molecular weight is 1410 g/mol. The van der Waals surface area contributed by atoms with Crippen LogP contribution in [0.2, 0.25) is 30.1 Å². The molecule has 0 aromatic heterocycles. The molecule has 6 amide bonds. The van der Waals surface area contributed by atoms with Gasteiger partial charge in [0.25, 0.3) is 0 Å². The van der Waals surface area contributed by atoms with Gasteiger partial charge in [0.05, 0.1) is 63.1 Å². The number of urea groups is 3. The van der Waals surface area contributed by atoms with Gasteiger partial charge in [0, 0.05) is 82.0 Å². The number of amides is 6. The van der Waals surface area contributed by atoms with E-state index in [0.29, 0.717) is 88.1 Å². The maximum absolute atomic E-state index is 13.7. The highest BCUT2D eigenvalue weighted by molar-refractivity contribution is 6.35. The van der Waals surface area contributed by atoms with Crippen molar-refractivity contribution in [3.05, 3.63) is 280 Å². The van der Waals surface area contributed by atoms with Crippen molar-refractivity contribution in [1.82, 2.24) is 29.4 Å². The van der Waals surface area contributed by atoms with E-state index in [9.17, 15) is 27.6 Å². The number of nitrogens with zero attached hydrogens (tertiary/aromatic N) is 6. The van der Waals surface area contributed by atoms with Gasteiger partial charge in [-0.25, -0.2) is 14.4 Å². The fourth-order valence-corrected chi connectivity index (χ4v) is 12.3. The summed E-state index contributed by atoms with van der Waals surface area (Å²) in [5.41, 5.74) is 5.62. The van der Waals surface area contributed by atoms with Gasteiger partial charge >= 0.3 is 24.3 Å². The van der Waals surface area contributed by atoms with Crippen molar-refractivity contribution in [2.24, 2.45) is 0 Å². The minimum atomic E-state index is -4.52. The number of ether oxygens (including phenoxy) is 3. The summed E-state index contributed by atoms with van der Waals surface area (Å²) < 4.78 is 60.1. The van der Waals surface area contributed by atoms with Crippen molar-refractivity contribution in [1.29, 1.82) is 0 Å². The lowest BCUT2D eigenvalue weighted by Gasteiger charge is -2.42. The number of likely N-dealkylation sites (tertiary alicyclic amines) is 3. The van der Waals surface area contributed by atoms with E-state index in [4.69, 9.17) is 83.8 Å². The lowest BCUT2D eigenvalue weighted by Crippen LogP contribution is -2.58. The molecule has 0 radical (unpaired) electrons. The van der Waals surface area contributed by atoms with Crippen LogP contribution in [0.3, 0.4) is 0 Å². The van der Waals surface area contributed by atoms with Crippen molar-refractivity contribution in [3.8, 4) is 0 Å². The molecule has 3 atom stereocenters. The van der Waals surface area contributed by atoms with Gasteiger partial charge in [-0.1, -0.05) is 229 Å². The van der Waals surface area contributed by atoms with Gasteiger partial charge in [0.2, 0.25) is 0 Å². The third kappa shape index (κ3) is 20.1. The lowest BCUT2D eigenvalue weighted by molar-refractivity contribution is -0.140. The molecule has 3 saturated heterocycles. The molecule has 3 aliphatic heterocycles. The Bertz CT molecular complexity index is 3770. The standard InChI is InChI=1S/C26H24ClF3N2O2.C25H23Cl3N2O2.C23H28Cl2N2O2/c1-31(15-18-7-3-2-4-8-18)25(33)32-16-21(17-32)34-24(19-11-13-20(27)14-12-19)22-9-5-6-10-23(22)26(28,29)30;1-29(14-17-5-3-2-4-6-17)25(31)30-15-21(16-30)32-24(18-7-9-19(26)10-8-18)22-12-11-20(27)13-23(22)28;1-3-4-7-14-26(2)23(28)27-15-19(16-27)29-22(17-10-12-18(24)13-11-17)20-8-5-6-9-21(20)25/h2-14,21,24H,15-17H2,1H3;2-13,21,24H,14-16H2,1H3;5-6,8-13,19,22H,3-4,7,14-16H2,1-2H3. The average Bonchev–Trinajstić information content (AvgIpc) is 0.803. The molecule has 0 aliphatic carbocycles. The zero-order chi connectivity index (χ0) is 67.8. The number of hydrogen-bond donors (Lipinski definition) is 0. The van der Waals surface area contributed by atoms with Crippen molar-refractivity contribution < 1.29 is 41.8 Å². The second kappa shape index (κ2) is 34.3. The third-order valence-corrected chi connectivity index (χ3v) is 18.1. The summed E-state index contributed by atoms with van der Waals surface area (Å²) in [5, 5.41) is 3.57. The van der Waals surface area contributed by atoms with Crippen LogP contribution in [0.1, 0.15) is 94.6 Å². The maximum atomic E-state index is 13.7. The Balaban J connectivity index is 0.000000168. The summed E-state index contributed by atoms with van der Waals surface area (Å²) in [4.78, 5) is 48.5. The predicted octanol–water partition coefficient (Wildman–Crippen LogP) is 19.1. The van der Waals surface area contributed by atoms with E-state index in [0.717, 1.165) is 65.3 Å². The molecule has 3 heterocycles. The third-order valence-electron chi connectivity index (χ3n) is 16.4. The first-order valence-electron chi connectivity index (χ1n) is 31.3. The van der Waals surface area contributed by atoms with Gasteiger partial charge in [-0.2, -0.15) is 13.2 Å². The highest BCUT2D eigenvalue weighted by atomic mass is 35.5. The van der Waals surface area contributed by atoms with Gasteiger partial charge in [0.1, 0.15) is 18.3 Å². The molecule has 8 aromatic carbocycles. The van der Waals surface area contributed by atoms with E-state index in [2.05, 4.69) is 6.92 Å². The molecule has 95 heavy (non-hydrogen) atoms. The molecule has 0 saturated carbocycles. The number of unbranched alkanes of at least 4 members (excludes halogenated alkanes) is 2. The van der Waals surface area contributed by atoms with Crippen molar-refractivity contribution in [2.45, 2.75) is 82.1 Å². The fraction of sp³-hybridized carbons (Fsp3) is 0.311. The zero-order valence-electron chi connectivity index (χ0n) is 53.0. The molecule has 0 spiro atoms. The molecule has 11 rings (SSSR count). The Morgan fingerprint density at radius 3 is 1.17 bits per heavy atom. The quantitative estimate of drug-likeness (QED) is 0.0705. The van der Waals surface area contributed by atoms with Crippen LogP contribution in [-0.4, -0.2) is 133 Å². The number of alkyl halides is 3. The zero-order valence-corrected chi connectivity index (χ0v) is 57.6. The van der Waals surface area contributed by atoms with E-state index in [-0.39, 0.29) is 48.1 Å². The van der Waals surface area contributed by atoms with Crippen LogP contribution in [0.25, 0.3) is 0 Å². The second-order valence-electron chi connectivity index (χ2n) is 23.7. The molecular weight excluding hydrogens is 1340 g/mol. The maximum Gasteiger partial charge on any atom is 0.416 e. The molecule has 3 aliphatic rings. The number of benzene rings is 8. The summed E-state index contributed by atoms with van der Waals surface area (Å²) >= 11 is 37.1. The van der Waals surface area contributed by atoms with Gasteiger partial charge in [0.15, 0.2) is 0 Å². The van der Waals surface area contributed by atoms with Crippen molar-refractivity contribution in [2.75, 3.05) is 67.0 Å². The molecule has 0 bridgehead atoms. The smallest absolute Gasteiger partial charge is 0.362 e. The number of halogens is 9. The molecule has 3 fully saturated rings. The monoisotopic (exact) mass is 1410 g/mol. The topological polar surface area (TPSA) is 98.3 Å². The van der Waals surface area contributed by atoms with Gasteiger partial charge in [-0.3, -0.25) is 0 Å². The Kier molecular flexibility index (Phi) is 26.1. The first-order valence-corrected chi connectivity index (χ1v) is 33.5. The Hall–Kier alpha value is -7.02. The summed E-state index contributed by atoms with van der Waals surface area (Å²) in [6.45, 7) is 6.81. The van der Waals surface area contributed by atoms with E-state index in [1.807, 2.05) is 159 Å². The first-order chi connectivity index (χ1) is 45.6. The largest absolute Gasteiger partial charge is 0.416 e. The number of carbonyl (C=O) groups excluding carboxylic acids is 3. The molecular formula is C74H75Cl6F3N6O6. The van der Waals surface area contributed by atoms with Crippen LogP contribution in [0.15, 0.2) is 200 Å². The van der Waals surface area contributed by atoms with E-state index in [1.165, 1.54) is 12.1 Å². The first kappa shape index (κ1) is 72.3. The summed E-state index contributed by atoms with van der Waals surface area (Å²) in [6, 6.07) is 59.6. The molecule has 3 unspecified atom stereocenters. The Morgan fingerprint density at radius 1 is 0.432 bits per heavy atom. The fourth-order valence-electron chi connectivity index (χ4n) is 11.2. The van der Waals surface area contributed by atoms with Gasteiger partial charge < -0.3 is 43.6 Å². The van der Waals surface area contributed by atoms with Crippen LogP contribution in [0, 0.1) is 0 Å². The minimum Gasteiger partial charge on any atom is -0.362 e. The van der Waals surface area contributed by atoms with E-state index >= 15 is 0 Å².